The maximum atomic E-state index is 12.8. The number of hydrogen-bond donors (Lipinski definition) is 0. The Labute approximate surface area is 138 Å². The van der Waals surface area contributed by atoms with E-state index in [1.807, 2.05) is 17.0 Å². The SMILES string of the molecule is COC[C@]12CCCO[C@@H]1CCN(C(=O)Cc1ccccc1C)C2. The third-order valence-corrected chi connectivity index (χ3v) is 5.38. The van der Waals surface area contributed by atoms with Crippen LogP contribution in [0.3, 0.4) is 0 Å². The molecular weight excluding hydrogens is 290 g/mol. The molecule has 2 saturated heterocycles. The number of amides is 1. The summed E-state index contributed by atoms with van der Waals surface area (Å²) in [5, 5.41) is 0. The molecule has 4 nitrogen and oxygen atoms in total. The summed E-state index contributed by atoms with van der Waals surface area (Å²) in [4.78, 5) is 14.8. The Balaban J connectivity index is 1.71. The van der Waals surface area contributed by atoms with Crippen molar-refractivity contribution in [1.29, 1.82) is 0 Å². The average Bonchev–Trinajstić information content (AvgIpc) is 2.56. The summed E-state index contributed by atoms with van der Waals surface area (Å²) in [6.07, 6.45) is 3.78. The highest BCUT2D eigenvalue weighted by Gasteiger charge is 2.46. The van der Waals surface area contributed by atoms with Crippen molar-refractivity contribution in [1.82, 2.24) is 4.90 Å². The normalized spacial score (nSPS) is 27.6. The molecule has 126 valence electrons. The zero-order valence-corrected chi connectivity index (χ0v) is 14.2. The fraction of sp³-hybridized carbons (Fsp3) is 0.632. The number of benzene rings is 1. The summed E-state index contributed by atoms with van der Waals surface area (Å²) >= 11 is 0. The monoisotopic (exact) mass is 317 g/mol. The summed E-state index contributed by atoms with van der Waals surface area (Å²) < 4.78 is 11.5. The Morgan fingerprint density at radius 1 is 1.43 bits per heavy atom. The second-order valence-corrected chi connectivity index (χ2v) is 6.97. The predicted molar refractivity (Wildman–Crippen MR) is 89.4 cm³/mol. The number of ether oxygens (including phenoxy) is 2. The highest BCUT2D eigenvalue weighted by atomic mass is 16.5. The van der Waals surface area contributed by atoms with E-state index >= 15 is 0 Å². The quantitative estimate of drug-likeness (QED) is 0.857. The van der Waals surface area contributed by atoms with Gasteiger partial charge in [0.2, 0.25) is 5.91 Å². The van der Waals surface area contributed by atoms with Crippen LogP contribution in [0.4, 0.5) is 0 Å². The number of carbonyl (C=O) groups excluding carboxylic acids is 1. The molecule has 2 aliphatic rings. The van der Waals surface area contributed by atoms with Crippen molar-refractivity contribution >= 4 is 5.91 Å². The fourth-order valence-electron chi connectivity index (χ4n) is 4.08. The van der Waals surface area contributed by atoms with E-state index < -0.39 is 0 Å². The van der Waals surface area contributed by atoms with Gasteiger partial charge in [-0.3, -0.25) is 4.79 Å². The van der Waals surface area contributed by atoms with Gasteiger partial charge in [-0.25, -0.2) is 0 Å². The van der Waals surface area contributed by atoms with Crippen molar-refractivity contribution in [2.75, 3.05) is 33.4 Å². The van der Waals surface area contributed by atoms with Crippen LogP contribution in [0.25, 0.3) is 0 Å². The summed E-state index contributed by atoms with van der Waals surface area (Å²) in [5.41, 5.74) is 2.29. The third-order valence-electron chi connectivity index (χ3n) is 5.38. The standard InChI is InChI=1S/C19H27NO3/c1-15-6-3-4-7-16(15)12-18(21)20-10-8-17-19(13-20,14-22-2)9-5-11-23-17/h3-4,6-7,17H,5,8-14H2,1-2H3/t17-,19-/m1/s1. The number of rotatable bonds is 4. The molecule has 2 atom stereocenters. The first-order valence-electron chi connectivity index (χ1n) is 8.57. The van der Waals surface area contributed by atoms with Crippen LogP contribution in [0.1, 0.15) is 30.4 Å². The molecule has 2 fully saturated rings. The molecular formula is C19H27NO3. The molecule has 0 unspecified atom stereocenters. The van der Waals surface area contributed by atoms with E-state index in [2.05, 4.69) is 19.1 Å². The van der Waals surface area contributed by atoms with E-state index in [0.717, 1.165) is 44.5 Å². The van der Waals surface area contributed by atoms with E-state index in [4.69, 9.17) is 9.47 Å². The number of hydrogen-bond acceptors (Lipinski definition) is 3. The molecule has 1 aromatic rings. The summed E-state index contributed by atoms with van der Waals surface area (Å²) in [6.45, 7) is 5.13. The molecule has 3 rings (SSSR count). The van der Waals surface area contributed by atoms with Crippen LogP contribution in [-0.2, 0) is 20.7 Å². The van der Waals surface area contributed by atoms with Crippen molar-refractivity contribution in [3.05, 3.63) is 35.4 Å². The van der Waals surface area contributed by atoms with Crippen LogP contribution in [0.2, 0.25) is 0 Å². The van der Waals surface area contributed by atoms with E-state index in [1.165, 1.54) is 5.56 Å². The molecule has 0 radical (unpaired) electrons. The molecule has 4 heteroatoms. The number of likely N-dealkylation sites (tertiary alicyclic amines) is 1. The molecule has 0 aromatic heterocycles. The number of nitrogens with zero attached hydrogens (tertiary/aromatic N) is 1. The van der Waals surface area contributed by atoms with Gasteiger partial charge < -0.3 is 14.4 Å². The summed E-state index contributed by atoms with van der Waals surface area (Å²) in [7, 11) is 1.74. The lowest BCUT2D eigenvalue weighted by atomic mass is 9.73. The zero-order chi connectivity index (χ0) is 16.3. The van der Waals surface area contributed by atoms with Gasteiger partial charge in [-0.1, -0.05) is 24.3 Å². The van der Waals surface area contributed by atoms with Gasteiger partial charge in [0.05, 0.1) is 19.1 Å². The topological polar surface area (TPSA) is 38.8 Å². The van der Waals surface area contributed by atoms with Crippen LogP contribution in [0.15, 0.2) is 24.3 Å². The van der Waals surface area contributed by atoms with Crippen molar-refractivity contribution in [2.24, 2.45) is 5.41 Å². The lowest BCUT2D eigenvalue weighted by Crippen LogP contribution is -2.58. The fourth-order valence-corrected chi connectivity index (χ4v) is 4.08. The van der Waals surface area contributed by atoms with E-state index in [0.29, 0.717) is 13.0 Å². The lowest BCUT2D eigenvalue weighted by molar-refractivity contribution is -0.161. The molecule has 0 bridgehead atoms. The van der Waals surface area contributed by atoms with Gasteiger partial charge in [-0.2, -0.15) is 0 Å². The van der Waals surface area contributed by atoms with Crippen LogP contribution >= 0.6 is 0 Å². The lowest BCUT2D eigenvalue weighted by Gasteiger charge is -2.50. The minimum absolute atomic E-state index is 0.0212. The van der Waals surface area contributed by atoms with Gasteiger partial charge in [0, 0.05) is 32.2 Å². The smallest absolute Gasteiger partial charge is 0.227 e. The van der Waals surface area contributed by atoms with Gasteiger partial charge in [0.15, 0.2) is 0 Å². The molecule has 1 aromatic carbocycles. The number of aryl methyl sites for hydroxylation is 1. The summed E-state index contributed by atoms with van der Waals surface area (Å²) in [5.74, 6) is 0.221. The maximum absolute atomic E-state index is 12.8. The van der Waals surface area contributed by atoms with Gasteiger partial charge in [-0.05, 0) is 37.3 Å². The molecule has 0 spiro atoms. The first-order chi connectivity index (χ1) is 11.1. The van der Waals surface area contributed by atoms with Gasteiger partial charge in [0.25, 0.3) is 0 Å². The largest absolute Gasteiger partial charge is 0.384 e. The Kier molecular flexibility index (Phi) is 5.02. The molecule has 0 N–H and O–H groups in total. The maximum Gasteiger partial charge on any atom is 0.227 e. The molecule has 0 aliphatic carbocycles. The van der Waals surface area contributed by atoms with E-state index in [9.17, 15) is 4.79 Å². The zero-order valence-electron chi connectivity index (χ0n) is 14.2. The second kappa shape index (κ2) is 7.02. The predicted octanol–water partition coefficient (Wildman–Crippen LogP) is 2.58. The minimum atomic E-state index is -0.0212. The van der Waals surface area contributed by atoms with Crippen molar-refractivity contribution in [2.45, 2.75) is 38.7 Å². The number of methoxy groups -OCH3 is 1. The molecule has 23 heavy (non-hydrogen) atoms. The van der Waals surface area contributed by atoms with Crippen LogP contribution in [-0.4, -0.2) is 50.3 Å². The Hall–Kier alpha value is -1.39. The average molecular weight is 317 g/mol. The second-order valence-electron chi connectivity index (χ2n) is 6.97. The molecule has 1 amide bonds. The first-order valence-corrected chi connectivity index (χ1v) is 8.57. The highest BCUT2D eigenvalue weighted by molar-refractivity contribution is 5.79. The van der Waals surface area contributed by atoms with Gasteiger partial charge in [0.1, 0.15) is 0 Å². The third kappa shape index (κ3) is 3.43. The van der Waals surface area contributed by atoms with Crippen LogP contribution < -0.4 is 0 Å². The highest BCUT2D eigenvalue weighted by Crippen LogP contribution is 2.40. The molecule has 2 aliphatic heterocycles. The van der Waals surface area contributed by atoms with Crippen molar-refractivity contribution in [3.63, 3.8) is 0 Å². The number of fused-ring (bicyclic) bond motifs is 1. The Morgan fingerprint density at radius 2 is 2.26 bits per heavy atom. The van der Waals surface area contributed by atoms with Crippen LogP contribution in [0, 0.1) is 12.3 Å². The van der Waals surface area contributed by atoms with Gasteiger partial charge >= 0.3 is 0 Å². The van der Waals surface area contributed by atoms with E-state index in [1.54, 1.807) is 7.11 Å². The van der Waals surface area contributed by atoms with E-state index in [-0.39, 0.29) is 17.4 Å². The molecule has 2 heterocycles. The first kappa shape index (κ1) is 16.5. The molecule has 0 saturated carbocycles. The van der Waals surface area contributed by atoms with Crippen molar-refractivity contribution < 1.29 is 14.3 Å². The van der Waals surface area contributed by atoms with Crippen LogP contribution in [0.5, 0.6) is 0 Å². The number of carbonyl (C=O) groups is 1. The Bertz CT molecular complexity index is 555. The summed E-state index contributed by atoms with van der Waals surface area (Å²) in [6, 6.07) is 8.13. The number of piperidine rings is 1. The minimum Gasteiger partial charge on any atom is -0.384 e. The van der Waals surface area contributed by atoms with Gasteiger partial charge in [-0.15, -0.1) is 0 Å². The Morgan fingerprint density at radius 3 is 3.04 bits per heavy atom. The van der Waals surface area contributed by atoms with Crippen molar-refractivity contribution in [3.8, 4) is 0 Å².